The highest BCUT2D eigenvalue weighted by Crippen LogP contribution is 1.97. The number of allylic oxidation sites excluding steroid dienone is 4. The maximum Gasteiger partial charge on any atom is 0.167 e. The summed E-state index contributed by atoms with van der Waals surface area (Å²) in [6.45, 7) is 4.97. The van der Waals surface area contributed by atoms with Crippen LogP contribution in [0.3, 0.4) is 0 Å². The summed E-state index contributed by atoms with van der Waals surface area (Å²) in [6.07, 6.45) is 0. The predicted molar refractivity (Wildman–Crippen MR) is 77.9 cm³/mol. The fraction of sp³-hybridized carbons (Fsp3) is 0.222. The Balaban J connectivity index is 5.02. The summed E-state index contributed by atoms with van der Waals surface area (Å²) >= 11 is 0. The third kappa shape index (κ3) is 7.30. The molecule has 110 valence electrons. The van der Waals surface area contributed by atoms with Crippen LogP contribution < -0.4 is 10.2 Å². The van der Waals surface area contributed by atoms with E-state index in [9.17, 15) is 19.8 Å². The van der Waals surface area contributed by atoms with Crippen molar-refractivity contribution >= 4 is 11.6 Å². The minimum Gasteiger partial charge on any atom is -0.875 e. The Hall–Kier alpha value is -3.34. The average molecular weight is 292 g/mol. The van der Waals surface area contributed by atoms with Gasteiger partial charge < -0.3 is 10.2 Å². The van der Waals surface area contributed by atoms with Crippen LogP contribution in [0.25, 0.3) is 0 Å². The van der Waals surface area contributed by atoms with Crippen molar-refractivity contribution in [2.24, 2.45) is 0 Å². The van der Waals surface area contributed by atoms with E-state index >= 15 is 0 Å². The number of ketones is 2. The van der Waals surface area contributed by atoms with Gasteiger partial charge in [0.15, 0.2) is 11.6 Å². The number of hydrogen-bond acceptors (Lipinski definition) is 4. The smallest absolute Gasteiger partial charge is 0.167 e. The molecule has 0 aliphatic heterocycles. The van der Waals surface area contributed by atoms with E-state index in [1.807, 2.05) is 0 Å². The summed E-state index contributed by atoms with van der Waals surface area (Å²) in [5.74, 6) is 17.1. The molecule has 0 spiro atoms. The summed E-state index contributed by atoms with van der Waals surface area (Å²) in [5, 5.41) is 22.1. The molecule has 0 aromatic heterocycles. The van der Waals surface area contributed by atoms with Crippen LogP contribution in [0, 0.1) is 47.4 Å². The molecule has 0 amide bonds. The molecule has 4 heteroatoms. The lowest BCUT2D eigenvalue weighted by Crippen LogP contribution is -2.07. The maximum atomic E-state index is 11.1. The Morgan fingerprint density at radius 1 is 0.591 bits per heavy atom. The highest BCUT2D eigenvalue weighted by atomic mass is 16.3. The summed E-state index contributed by atoms with van der Waals surface area (Å²) in [6, 6.07) is 0. The zero-order valence-corrected chi connectivity index (χ0v) is 12.6. The molecule has 0 saturated carbocycles. The van der Waals surface area contributed by atoms with Gasteiger partial charge in [-0.15, -0.1) is 11.5 Å². The third-order valence-corrected chi connectivity index (χ3v) is 2.10. The van der Waals surface area contributed by atoms with Crippen LogP contribution in [0.15, 0.2) is 22.7 Å². The van der Waals surface area contributed by atoms with Crippen molar-refractivity contribution in [2.45, 2.75) is 27.7 Å². The van der Waals surface area contributed by atoms with E-state index in [2.05, 4.69) is 47.4 Å². The van der Waals surface area contributed by atoms with Crippen molar-refractivity contribution in [3.63, 3.8) is 0 Å². The number of rotatable bonds is 2. The summed E-state index contributed by atoms with van der Waals surface area (Å²) < 4.78 is 0. The van der Waals surface area contributed by atoms with Crippen LogP contribution in [0.1, 0.15) is 27.7 Å². The molecule has 0 fully saturated rings. The second-order valence-electron chi connectivity index (χ2n) is 3.97. The van der Waals surface area contributed by atoms with Crippen molar-refractivity contribution in [3.05, 3.63) is 22.7 Å². The summed E-state index contributed by atoms with van der Waals surface area (Å²) in [7, 11) is 0. The van der Waals surface area contributed by atoms with Gasteiger partial charge >= 0.3 is 0 Å². The molecule has 0 heterocycles. The molecular weight excluding hydrogens is 280 g/mol. The zero-order chi connectivity index (χ0) is 17.1. The number of hydrogen-bond donors (Lipinski definition) is 0. The second-order valence-corrected chi connectivity index (χ2v) is 3.97. The number of Topliss-reactive ketones (excluding diaryl/α,β-unsaturated/α-hetero) is 2. The highest BCUT2D eigenvalue weighted by Gasteiger charge is 1.98. The molecular formula is C18H12O4-2. The van der Waals surface area contributed by atoms with Gasteiger partial charge in [0.05, 0.1) is 11.1 Å². The second kappa shape index (κ2) is 9.55. The molecule has 22 heavy (non-hydrogen) atoms. The quantitative estimate of drug-likeness (QED) is 0.388. The van der Waals surface area contributed by atoms with E-state index in [0.29, 0.717) is 0 Å². The Bertz CT molecular complexity index is 714. The first-order valence-corrected chi connectivity index (χ1v) is 6.07. The minimum absolute atomic E-state index is 0.121. The molecule has 0 aromatic rings. The van der Waals surface area contributed by atoms with Crippen LogP contribution >= 0.6 is 0 Å². The van der Waals surface area contributed by atoms with E-state index in [-0.39, 0.29) is 11.1 Å². The molecule has 0 bridgehead atoms. The van der Waals surface area contributed by atoms with E-state index in [4.69, 9.17) is 0 Å². The number of carbonyl (C=O) groups excluding carboxylic acids is 2. The molecule has 0 radical (unpaired) electrons. The molecule has 0 atom stereocenters. The van der Waals surface area contributed by atoms with E-state index in [1.54, 1.807) is 0 Å². The number of carbonyl (C=O) groups is 2. The lowest BCUT2D eigenvalue weighted by molar-refractivity contribution is -0.303. The first kappa shape index (κ1) is 18.7. The lowest BCUT2D eigenvalue weighted by Gasteiger charge is -2.05. The van der Waals surface area contributed by atoms with Crippen molar-refractivity contribution in [1.29, 1.82) is 0 Å². The minimum atomic E-state index is -0.421. The van der Waals surface area contributed by atoms with Crippen molar-refractivity contribution in [2.75, 3.05) is 0 Å². The van der Waals surface area contributed by atoms with Crippen molar-refractivity contribution in [3.8, 4) is 47.4 Å². The normalized spacial score (nSPS) is 10.5. The Morgan fingerprint density at radius 3 is 1.09 bits per heavy atom. The molecule has 0 saturated heterocycles. The van der Waals surface area contributed by atoms with Gasteiger partial charge in [-0.1, -0.05) is 25.7 Å². The van der Waals surface area contributed by atoms with Gasteiger partial charge in [0.1, 0.15) is 0 Å². The fourth-order valence-electron chi connectivity index (χ4n) is 1.16. The zero-order valence-electron chi connectivity index (χ0n) is 12.6. The Labute approximate surface area is 129 Å². The molecule has 4 nitrogen and oxygen atoms in total. The molecule has 0 N–H and O–H groups in total. The molecule has 0 aromatic carbocycles. The maximum absolute atomic E-state index is 11.1. The van der Waals surface area contributed by atoms with Crippen LogP contribution in [-0.4, -0.2) is 11.6 Å². The summed E-state index contributed by atoms with van der Waals surface area (Å²) in [5.41, 5.74) is -0.242. The molecule has 0 unspecified atom stereocenters. The van der Waals surface area contributed by atoms with Gasteiger partial charge in [-0.2, -0.15) is 0 Å². The van der Waals surface area contributed by atoms with Gasteiger partial charge in [0.25, 0.3) is 0 Å². The Morgan fingerprint density at radius 2 is 0.864 bits per heavy atom. The topological polar surface area (TPSA) is 80.3 Å². The van der Waals surface area contributed by atoms with E-state index in [1.165, 1.54) is 27.7 Å². The van der Waals surface area contributed by atoms with Gasteiger partial charge in [0, 0.05) is 0 Å². The largest absolute Gasteiger partial charge is 0.875 e. The van der Waals surface area contributed by atoms with E-state index in [0.717, 1.165) is 0 Å². The van der Waals surface area contributed by atoms with Crippen molar-refractivity contribution in [1.82, 2.24) is 0 Å². The van der Waals surface area contributed by atoms with Gasteiger partial charge in [-0.3, -0.25) is 9.59 Å². The molecule has 0 aliphatic carbocycles. The van der Waals surface area contributed by atoms with Gasteiger partial charge in [-0.05, 0) is 49.4 Å². The highest BCUT2D eigenvalue weighted by molar-refractivity contribution is 5.98. The van der Waals surface area contributed by atoms with Crippen molar-refractivity contribution < 1.29 is 19.8 Å². The first-order chi connectivity index (χ1) is 10.3. The van der Waals surface area contributed by atoms with Crippen LogP contribution in [-0.2, 0) is 9.59 Å². The predicted octanol–water partition coefficient (Wildman–Crippen LogP) is -0.553. The monoisotopic (exact) mass is 292 g/mol. The first-order valence-electron chi connectivity index (χ1n) is 6.07. The SMILES string of the molecule is CC(=O)/C(C#CC#CC#CC#C/C(C(C)=O)=C(/C)[O-])=C(/C)[O-]. The standard InChI is InChI=1S/C18H14O4/c1-13(19)17(14(2)20)11-9-7-5-6-8-10-12-18(15(3)21)16(4)22/h19,21H,1-4H3/p-2/b17-13-,18-15+. The van der Waals surface area contributed by atoms with Gasteiger partial charge in [-0.25, -0.2) is 0 Å². The molecule has 0 rings (SSSR count). The van der Waals surface area contributed by atoms with Gasteiger partial charge in [0.2, 0.25) is 0 Å². The van der Waals surface area contributed by atoms with Crippen LogP contribution in [0.2, 0.25) is 0 Å². The third-order valence-electron chi connectivity index (χ3n) is 2.10. The van der Waals surface area contributed by atoms with Crippen LogP contribution in [0.4, 0.5) is 0 Å². The fourth-order valence-corrected chi connectivity index (χ4v) is 1.16. The molecule has 0 aliphatic rings. The Kier molecular flexibility index (Phi) is 8.10. The van der Waals surface area contributed by atoms with E-state index < -0.39 is 23.1 Å². The van der Waals surface area contributed by atoms with Crippen LogP contribution in [0.5, 0.6) is 0 Å². The summed E-state index contributed by atoms with van der Waals surface area (Å²) in [4.78, 5) is 22.1. The lowest BCUT2D eigenvalue weighted by atomic mass is 10.1. The average Bonchev–Trinajstić information content (AvgIpc) is 2.38.